The van der Waals surface area contributed by atoms with Crippen LogP contribution in [0.15, 0.2) is 90.4 Å². The monoisotopic (exact) mass is 364 g/mol. The van der Waals surface area contributed by atoms with Crippen molar-refractivity contribution in [3.63, 3.8) is 0 Å². The van der Waals surface area contributed by atoms with Gasteiger partial charge in [-0.2, -0.15) is 12.1 Å². The van der Waals surface area contributed by atoms with Crippen molar-refractivity contribution in [2.24, 2.45) is 0 Å². The van der Waals surface area contributed by atoms with E-state index in [2.05, 4.69) is 29.0 Å². The second-order valence-electron chi connectivity index (χ2n) is 4.94. The summed E-state index contributed by atoms with van der Waals surface area (Å²) >= 11 is 0. The van der Waals surface area contributed by atoms with E-state index in [0.29, 0.717) is 18.8 Å². The molecule has 2 aromatic carbocycles. The summed E-state index contributed by atoms with van der Waals surface area (Å²) in [7, 11) is 1.37. The minimum atomic E-state index is -0.278. The summed E-state index contributed by atoms with van der Waals surface area (Å²) in [4.78, 5) is 0. The molecule has 4 heteroatoms. The van der Waals surface area contributed by atoms with Crippen LogP contribution in [-0.2, 0) is 39.8 Å². The molecule has 0 aliphatic heterocycles. The number of hydrogen-bond donors (Lipinski definition) is 0. The molecule has 0 N–H and O–H groups in total. The molecule has 0 amide bonds. The maximum Gasteiger partial charge on any atom is 2.00 e. The Hall–Kier alpha value is -2.13. The van der Waals surface area contributed by atoms with Crippen molar-refractivity contribution in [2.75, 3.05) is 7.11 Å². The Morgan fingerprint density at radius 3 is 2.29 bits per heavy atom. The van der Waals surface area contributed by atoms with Gasteiger partial charge in [-0.05, 0) is 18.2 Å². The van der Waals surface area contributed by atoms with Gasteiger partial charge in [0.15, 0.2) is 0 Å². The van der Waals surface area contributed by atoms with Gasteiger partial charge >= 0.3 is 17.1 Å². The van der Waals surface area contributed by atoms with Crippen LogP contribution in [0.4, 0.5) is 0 Å². The van der Waals surface area contributed by atoms with E-state index in [0.717, 1.165) is 0 Å². The van der Waals surface area contributed by atoms with Crippen LogP contribution in [0.3, 0.4) is 0 Å². The second kappa shape index (κ2) is 11.4. The first kappa shape index (κ1) is 19.9. The average molecular weight is 364 g/mol. The zero-order valence-corrected chi connectivity index (χ0v) is 14.6. The predicted molar refractivity (Wildman–Crippen MR) is 89.3 cm³/mol. The second-order valence-corrected chi connectivity index (χ2v) is 4.94. The molecule has 0 atom stereocenters. The van der Waals surface area contributed by atoms with Crippen molar-refractivity contribution in [1.82, 2.24) is 0 Å². The summed E-state index contributed by atoms with van der Waals surface area (Å²) in [6.45, 7) is 1.38. The van der Waals surface area contributed by atoms with Gasteiger partial charge in [-0.1, -0.05) is 54.6 Å². The predicted octanol–water partition coefficient (Wildman–Crippen LogP) is 3.45. The van der Waals surface area contributed by atoms with Crippen LogP contribution < -0.4 is 5.11 Å². The summed E-state index contributed by atoms with van der Waals surface area (Å²) in [6.07, 6.45) is 7.02. The van der Waals surface area contributed by atoms with Gasteiger partial charge in [0.05, 0.1) is 12.6 Å². The molecular weight excluding hydrogens is 344 g/mol. The molecule has 126 valence electrons. The van der Waals surface area contributed by atoms with Gasteiger partial charge in [-0.15, -0.1) is 5.56 Å². The molecule has 0 unspecified atom stereocenters. The van der Waals surface area contributed by atoms with Gasteiger partial charge in [0.1, 0.15) is 0 Å². The molecule has 0 bridgehead atoms. The van der Waals surface area contributed by atoms with Crippen LogP contribution in [0.5, 0.6) is 0 Å². The normalized spacial score (nSPS) is 11.5. The Labute approximate surface area is 153 Å². The number of ether oxygens (including phenoxy) is 2. The Bertz CT molecular complexity index is 641. The van der Waals surface area contributed by atoms with Crippen molar-refractivity contribution in [3.8, 4) is 0 Å². The third kappa shape index (κ3) is 6.97. The maximum atomic E-state index is 10.7. The molecule has 2 aromatic rings. The largest absolute Gasteiger partial charge is 2.00 e. The van der Waals surface area contributed by atoms with E-state index in [1.807, 2.05) is 30.3 Å². The SMILES string of the molecule is COC([O-])=C1C=CC=C1.[Fe+2].c1ccc(COCc2ccc[cH-]2)cc1. The van der Waals surface area contributed by atoms with Crippen LogP contribution in [0.2, 0.25) is 0 Å². The van der Waals surface area contributed by atoms with Crippen molar-refractivity contribution in [2.45, 2.75) is 13.2 Å². The van der Waals surface area contributed by atoms with E-state index < -0.39 is 0 Å². The van der Waals surface area contributed by atoms with Gasteiger partial charge < -0.3 is 14.6 Å². The van der Waals surface area contributed by atoms with E-state index in [9.17, 15) is 5.11 Å². The summed E-state index contributed by atoms with van der Waals surface area (Å²) in [5.74, 6) is -0.278. The maximum absolute atomic E-state index is 10.7. The molecule has 3 nitrogen and oxygen atoms in total. The first-order chi connectivity index (χ1) is 11.3. The Morgan fingerprint density at radius 2 is 1.71 bits per heavy atom. The fraction of sp³-hybridized carbons (Fsp3) is 0.150. The number of rotatable bonds is 5. The molecule has 3 rings (SSSR count). The van der Waals surface area contributed by atoms with Crippen molar-refractivity contribution in [1.29, 1.82) is 0 Å². The smallest absolute Gasteiger partial charge is 0.616 e. The van der Waals surface area contributed by atoms with Crippen LogP contribution in [0.25, 0.3) is 0 Å². The third-order valence-corrected chi connectivity index (χ3v) is 3.20. The summed E-state index contributed by atoms with van der Waals surface area (Å²) in [5.41, 5.74) is 3.07. The summed E-state index contributed by atoms with van der Waals surface area (Å²) in [5, 5.41) is 10.7. The van der Waals surface area contributed by atoms with Crippen LogP contribution in [-0.4, -0.2) is 7.11 Å². The van der Waals surface area contributed by atoms with E-state index in [4.69, 9.17) is 4.74 Å². The van der Waals surface area contributed by atoms with Gasteiger partial charge in [-0.3, -0.25) is 0 Å². The Balaban J connectivity index is 0.000000252. The quantitative estimate of drug-likeness (QED) is 0.464. The van der Waals surface area contributed by atoms with Crippen LogP contribution in [0, 0.1) is 0 Å². The van der Waals surface area contributed by atoms with E-state index in [1.54, 1.807) is 24.3 Å². The zero-order valence-electron chi connectivity index (χ0n) is 13.5. The molecule has 0 radical (unpaired) electrons. The molecule has 0 heterocycles. The first-order valence-electron chi connectivity index (χ1n) is 7.42. The average Bonchev–Trinajstić information content (AvgIpc) is 3.29. The fourth-order valence-electron chi connectivity index (χ4n) is 2.00. The van der Waals surface area contributed by atoms with Crippen molar-refractivity contribution >= 4 is 0 Å². The van der Waals surface area contributed by atoms with Gasteiger partial charge in [0, 0.05) is 6.61 Å². The van der Waals surface area contributed by atoms with E-state index in [1.165, 1.54) is 18.2 Å². The van der Waals surface area contributed by atoms with E-state index >= 15 is 0 Å². The van der Waals surface area contributed by atoms with Crippen LogP contribution in [0.1, 0.15) is 11.1 Å². The number of allylic oxidation sites excluding steroid dienone is 5. The number of benzene rings is 1. The molecular formula is C20H20FeO3. The molecule has 1 aliphatic rings. The molecule has 0 fully saturated rings. The van der Waals surface area contributed by atoms with Gasteiger partial charge in [0.2, 0.25) is 0 Å². The topological polar surface area (TPSA) is 41.5 Å². The zero-order chi connectivity index (χ0) is 16.3. The third-order valence-electron chi connectivity index (χ3n) is 3.20. The molecule has 24 heavy (non-hydrogen) atoms. The fourth-order valence-corrected chi connectivity index (χ4v) is 2.00. The Morgan fingerprint density at radius 1 is 1.00 bits per heavy atom. The van der Waals surface area contributed by atoms with Crippen molar-refractivity contribution < 1.29 is 31.6 Å². The van der Waals surface area contributed by atoms with Gasteiger partial charge in [0.25, 0.3) is 0 Å². The molecule has 1 aliphatic carbocycles. The van der Waals surface area contributed by atoms with Crippen LogP contribution >= 0.6 is 0 Å². The minimum Gasteiger partial charge on any atom is -0.616 e. The number of hydrogen-bond acceptors (Lipinski definition) is 3. The number of methoxy groups -OCH3 is 1. The Kier molecular flexibility index (Phi) is 9.47. The summed E-state index contributed by atoms with van der Waals surface area (Å²) < 4.78 is 10.0. The molecule has 0 saturated heterocycles. The van der Waals surface area contributed by atoms with E-state index in [-0.39, 0.29) is 23.0 Å². The first-order valence-corrected chi connectivity index (χ1v) is 7.42. The minimum absolute atomic E-state index is 0. The molecule has 0 aromatic heterocycles. The molecule has 0 spiro atoms. The van der Waals surface area contributed by atoms with Gasteiger partial charge in [-0.25, -0.2) is 12.1 Å². The summed E-state index contributed by atoms with van der Waals surface area (Å²) in [6, 6.07) is 18.4. The van der Waals surface area contributed by atoms with Crippen molar-refractivity contribution in [3.05, 3.63) is 102 Å². The standard InChI is InChI=1S/C13H13O.C7H8O2.Fe/c1-2-6-12(7-3-1)10-14-11-13-8-4-5-9-13;1-9-7(8)6-4-2-3-5-6;/h1-9H,10-11H2;2-5,8H,1H3;/q-1;;+2/p-1. The molecule has 0 saturated carbocycles.